The molecule has 0 aromatic carbocycles. The number of hydrogen-bond acceptors (Lipinski definition) is 2. The molecule has 17 heavy (non-hydrogen) atoms. The highest BCUT2D eigenvalue weighted by atomic mass is 16.2. The van der Waals surface area contributed by atoms with Crippen molar-refractivity contribution in [2.24, 2.45) is 5.92 Å². The van der Waals surface area contributed by atoms with Crippen LogP contribution in [-0.4, -0.2) is 24.0 Å². The number of carbonyl (C=O) groups is 1. The first-order valence-corrected chi connectivity index (χ1v) is 7.05. The zero-order valence-electron chi connectivity index (χ0n) is 11.8. The molecule has 1 amide bonds. The van der Waals surface area contributed by atoms with Gasteiger partial charge in [-0.25, -0.2) is 0 Å². The highest BCUT2D eigenvalue weighted by molar-refractivity contribution is 5.82. The SMILES string of the molecule is CC(C)CCC(C)NC(=O)C1CCCC(C)N1. The van der Waals surface area contributed by atoms with E-state index in [9.17, 15) is 4.79 Å². The largest absolute Gasteiger partial charge is 0.352 e. The summed E-state index contributed by atoms with van der Waals surface area (Å²) in [5, 5.41) is 6.50. The fourth-order valence-corrected chi connectivity index (χ4v) is 2.34. The smallest absolute Gasteiger partial charge is 0.237 e. The number of amides is 1. The number of rotatable bonds is 5. The molecule has 1 heterocycles. The highest BCUT2D eigenvalue weighted by Crippen LogP contribution is 2.13. The Hall–Kier alpha value is -0.570. The van der Waals surface area contributed by atoms with Crippen LogP contribution in [0, 0.1) is 5.92 Å². The Kier molecular flexibility index (Phi) is 5.96. The van der Waals surface area contributed by atoms with Gasteiger partial charge in [-0.15, -0.1) is 0 Å². The van der Waals surface area contributed by atoms with Crippen molar-refractivity contribution in [1.29, 1.82) is 0 Å². The summed E-state index contributed by atoms with van der Waals surface area (Å²) in [4.78, 5) is 12.0. The Balaban J connectivity index is 2.27. The van der Waals surface area contributed by atoms with Crippen molar-refractivity contribution < 1.29 is 4.79 Å². The fourth-order valence-electron chi connectivity index (χ4n) is 2.34. The topological polar surface area (TPSA) is 41.1 Å². The third kappa shape index (κ3) is 5.53. The molecule has 0 bridgehead atoms. The van der Waals surface area contributed by atoms with Crippen LogP contribution >= 0.6 is 0 Å². The summed E-state index contributed by atoms with van der Waals surface area (Å²) in [6.07, 6.45) is 5.58. The van der Waals surface area contributed by atoms with E-state index in [1.54, 1.807) is 0 Å². The van der Waals surface area contributed by atoms with Crippen LogP contribution in [-0.2, 0) is 4.79 Å². The monoisotopic (exact) mass is 240 g/mol. The van der Waals surface area contributed by atoms with E-state index in [0.29, 0.717) is 18.0 Å². The van der Waals surface area contributed by atoms with E-state index < -0.39 is 0 Å². The maximum atomic E-state index is 12.0. The first kappa shape index (κ1) is 14.5. The zero-order chi connectivity index (χ0) is 12.8. The lowest BCUT2D eigenvalue weighted by molar-refractivity contribution is -0.124. The molecule has 0 aliphatic carbocycles. The van der Waals surface area contributed by atoms with Crippen molar-refractivity contribution in [2.45, 2.75) is 77.9 Å². The highest BCUT2D eigenvalue weighted by Gasteiger charge is 2.24. The molecule has 0 aromatic rings. The molecule has 2 N–H and O–H groups in total. The maximum Gasteiger partial charge on any atom is 0.237 e. The first-order valence-electron chi connectivity index (χ1n) is 7.05. The number of nitrogens with one attached hydrogen (secondary N) is 2. The van der Waals surface area contributed by atoms with Gasteiger partial charge in [-0.1, -0.05) is 13.8 Å². The van der Waals surface area contributed by atoms with E-state index in [1.807, 2.05) is 0 Å². The molecule has 3 nitrogen and oxygen atoms in total. The number of carbonyl (C=O) groups excluding carboxylic acids is 1. The van der Waals surface area contributed by atoms with Gasteiger partial charge in [0.25, 0.3) is 0 Å². The first-order chi connectivity index (χ1) is 7.99. The predicted molar refractivity (Wildman–Crippen MR) is 71.9 cm³/mol. The molecule has 3 heteroatoms. The minimum Gasteiger partial charge on any atom is -0.352 e. The van der Waals surface area contributed by atoms with Crippen molar-refractivity contribution in [3.8, 4) is 0 Å². The molecular formula is C14H28N2O. The number of piperidine rings is 1. The van der Waals surface area contributed by atoms with Gasteiger partial charge < -0.3 is 10.6 Å². The van der Waals surface area contributed by atoms with Gasteiger partial charge in [-0.3, -0.25) is 4.79 Å². The van der Waals surface area contributed by atoms with Gasteiger partial charge in [0, 0.05) is 12.1 Å². The standard InChI is InChI=1S/C14H28N2O/c1-10(2)8-9-12(4)16-14(17)13-7-5-6-11(3)15-13/h10-13,15H,5-9H2,1-4H3,(H,16,17). The van der Waals surface area contributed by atoms with Crippen LogP contribution in [0.3, 0.4) is 0 Å². The van der Waals surface area contributed by atoms with Gasteiger partial charge in [-0.2, -0.15) is 0 Å². The van der Waals surface area contributed by atoms with E-state index in [0.717, 1.165) is 19.3 Å². The van der Waals surface area contributed by atoms with Crippen LogP contribution in [0.15, 0.2) is 0 Å². The van der Waals surface area contributed by atoms with Crippen molar-refractivity contribution in [2.75, 3.05) is 0 Å². The molecule has 100 valence electrons. The third-order valence-corrected chi connectivity index (χ3v) is 3.50. The molecule has 1 fully saturated rings. The van der Waals surface area contributed by atoms with E-state index in [1.165, 1.54) is 12.8 Å². The summed E-state index contributed by atoms with van der Waals surface area (Å²) in [7, 11) is 0. The van der Waals surface area contributed by atoms with Crippen molar-refractivity contribution in [3.63, 3.8) is 0 Å². The van der Waals surface area contributed by atoms with Gasteiger partial charge in [0.1, 0.15) is 0 Å². The molecule has 1 rings (SSSR count). The molecule has 1 aliphatic rings. The predicted octanol–water partition coefficient (Wildman–Crippen LogP) is 2.46. The molecule has 1 aliphatic heterocycles. The van der Waals surface area contributed by atoms with E-state index >= 15 is 0 Å². The lowest BCUT2D eigenvalue weighted by Gasteiger charge is -2.29. The maximum absolute atomic E-state index is 12.0. The van der Waals surface area contributed by atoms with Gasteiger partial charge >= 0.3 is 0 Å². The fraction of sp³-hybridized carbons (Fsp3) is 0.929. The summed E-state index contributed by atoms with van der Waals surface area (Å²) < 4.78 is 0. The Labute approximate surface area is 106 Å². The second-order valence-electron chi connectivity index (χ2n) is 5.93. The molecule has 3 atom stereocenters. The van der Waals surface area contributed by atoms with E-state index in [4.69, 9.17) is 0 Å². The molecule has 0 aromatic heterocycles. The summed E-state index contributed by atoms with van der Waals surface area (Å²) in [5.74, 6) is 0.898. The summed E-state index contributed by atoms with van der Waals surface area (Å²) in [6, 6.07) is 0.801. The second kappa shape index (κ2) is 7.00. The summed E-state index contributed by atoms with van der Waals surface area (Å²) in [6.45, 7) is 8.70. The minimum absolute atomic E-state index is 0.0280. The van der Waals surface area contributed by atoms with Gasteiger partial charge in [0.2, 0.25) is 5.91 Å². The van der Waals surface area contributed by atoms with E-state index in [-0.39, 0.29) is 11.9 Å². The second-order valence-corrected chi connectivity index (χ2v) is 5.93. The molecule has 1 saturated heterocycles. The molecule has 0 spiro atoms. The molecule has 3 unspecified atom stereocenters. The third-order valence-electron chi connectivity index (χ3n) is 3.50. The summed E-state index contributed by atoms with van der Waals surface area (Å²) >= 11 is 0. The molecule has 0 saturated carbocycles. The Morgan fingerprint density at radius 3 is 2.59 bits per heavy atom. The summed E-state index contributed by atoms with van der Waals surface area (Å²) in [5.41, 5.74) is 0. The van der Waals surface area contributed by atoms with Crippen molar-refractivity contribution >= 4 is 5.91 Å². The van der Waals surface area contributed by atoms with Gasteiger partial charge in [0.15, 0.2) is 0 Å². The van der Waals surface area contributed by atoms with Crippen molar-refractivity contribution in [3.05, 3.63) is 0 Å². The van der Waals surface area contributed by atoms with Crippen LogP contribution in [0.25, 0.3) is 0 Å². The van der Waals surface area contributed by atoms with Crippen LogP contribution in [0.4, 0.5) is 0 Å². The van der Waals surface area contributed by atoms with Crippen molar-refractivity contribution in [1.82, 2.24) is 10.6 Å². The van der Waals surface area contributed by atoms with E-state index in [2.05, 4.69) is 38.3 Å². The molecular weight excluding hydrogens is 212 g/mol. The quantitative estimate of drug-likeness (QED) is 0.775. The van der Waals surface area contributed by atoms with Crippen LogP contribution in [0.2, 0.25) is 0 Å². The average Bonchev–Trinajstić information content (AvgIpc) is 2.26. The Morgan fingerprint density at radius 1 is 1.29 bits per heavy atom. The number of hydrogen-bond donors (Lipinski definition) is 2. The normalized spacial score (nSPS) is 26.9. The van der Waals surface area contributed by atoms with Crippen LogP contribution in [0.1, 0.15) is 59.8 Å². The van der Waals surface area contributed by atoms with Gasteiger partial charge in [-0.05, 0) is 51.9 Å². The zero-order valence-corrected chi connectivity index (χ0v) is 11.8. The minimum atomic E-state index is 0.0280. The van der Waals surface area contributed by atoms with Crippen LogP contribution in [0.5, 0.6) is 0 Å². The Morgan fingerprint density at radius 2 is 2.00 bits per heavy atom. The lowest BCUT2D eigenvalue weighted by Crippen LogP contribution is -2.51. The average molecular weight is 240 g/mol. The van der Waals surface area contributed by atoms with Gasteiger partial charge in [0.05, 0.1) is 6.04 Å². The molecule has 0 radical (unpaired) electrons. The van der Waals surface area contributed by atoms with Crippen LogP contribution < -0.4 is 10.6 Å². The Bertz CT molecular complexity index is 240. The lowest BCUT2D eigenvalue weighted by atomic mass is 9.98.